The third kappa shape index (κ3) is 4.43. The van der Waals surface area contributed by atoms with Gasteiger partial charge in [0.2, 0.25) is 0 Å². The summed E-state index contributed by atoms with van der Waals surface area (Å²) in [5.41, 5.74) is 8.79. The van der Waals surface area contributed by atoms with Crippen LogP contribution < -0.4 is 5.73 Å². The number of rotatable bonds is 3. The van der Waals surface area contributed by atoms with Crippen LogP contribution in [-0.4, -0.2) is 5.71 Å². The van der Waals surface area contributed by atoms with E-state index in [1.54, 1.807) is 6.08 Å². The number of nitrogens with one attached hydrogen (secondary N) is 1. The highest BCUT2D eigenvalue weighted by molar-refractivity contribution is 6.09. The van der Waals surface area contributed by atoms with Gasteiger partial charge in [-0.1, -0.05) is 74.5 Å². The van der Waals surface area contributed by atoms with Gasteiger partial charge in [-0.3, -0.25) is 0 Å². The quantitative estimate of drug-likeness (QED) is 0.794. The molecule has 0 aliphatic rings. The Morgan fingerprint density at radius 1 is 0.842 bits per heavy atom. The van der Waals surface area contributed by atoms with Crippen LogP contribution in [0.3, 0.4) is 0 Å². The van der Waals surface area contributed by atoms with E-state index in [9.17, 15) is 0 Å². The Kier molecular flexibility index (Phi) is 6.10. The smallest absolute Gasteiger partial charge is 0.0632 e. The molecule has 19 heavy (non-hydrogen) atoms. The molecule has 0 unspecified atom stereocenters. The Bertz CT molecular complexity index is 528. The predicted octanol–water partition coefficient (Wildman–Crippen LogP) is 4.08. The molecule has 2 rings (SSSR count). The van der Waals surface area contributed by atoms with Gasteiger partial charge in [0.25, 0.3) is 0 Å². The minimum absolute atomic E-state index is 0.423. The molecule has 2 aromatic rings. The SMILES string of the molecule is CC.N=C(/C=C(\N)c1ccccc1)c1ccccc1. The van der Waals surface area contributed by atoms with Crippen LogP contribution in [0.2, 0.25) is 0 Å². The van der Waals surface area contributed by atoms with Crippen molar-refractivity contribution in [2.24, 2.45) is 5.73 Å². The van der Waals surface area contributed by atoms with Gasteiger partial charge in [-0.15, -0.1) is 0 Å². The first-order valence-electron chi connectivity index (χ1n) is 6.44. The summed E-state index contributed by atoms with van der Waals surface area (Å²) in [6.45, 7) is 4.00. The van der Waals surface area contributed by atoms with Gasteiger partial charge in [-0.05, 0) is 17.2 Å². The lowest BCUT2D eigenvalue weighted by atomic mass is 10.1. The zero-order valence-electron chi connectivity index (χ0n) is 11.4. The minimum Gasteiger partial charge on any atom is -0.398 e. The van der Waals surface area contributed by atoms with Crippen molar-refractivity contribution in [3.63, 3.8) is 0 Å². The number of allylic oxidation sites excluding steroid dienone is 1. The van der Waals surface area contributed by atoms with Crippen LogP contribution in [0.25, 0.3) is 5.70 Å². The Morgan fingerprint density at radius 2 is 1.26 bits per heavy atom. The molecule has 2 nitrogen and oxygen atoms in total. The molecule has 3 N–H and O–H groups in total. The molecule has 0 spiro atoms. The number of hydrogen-bond donors (Lipinski definition) is 2. The lowest BCUT2D eigenvalue weighted by molar-refractivity contribution is 1.47. The second-order valence-electron chi connectivity index (χ2n) is 3.75. The fourth-order valence-electron chi connectivity index (χ4n) is 1.57. The Balaban J connectivity index is 0.000000861. The number of nitrogens with two attached hydrogens (primary N) is 1. The number of benzene rings is 2. The van der Waals surface area contributed by atoms with Crippen LogP contribution in [0, 0.1) is 5.41 Å². The maximum atomic E-state index is 7.95. The lowest BCUT2D eigenvalue weighted by Crippen LogP contribution is -2.02. The van der Waals surface area contributed by atoms with Crippen molar-refractivity contribution in [3.8, 4) is 0 Å². The zero-order valence-corrected chi connectivity index (χ0v) is 11.4. The highest BCUT2D eigenvalue weighted by atomic mass is 14.6. The van der Waals surface area contributed by atoms with Crippen molar-refractivity contribution < 1.29 is 0 Å². The lowest BCUT2D eigenvalue weighted by Gasteiger charge is -2.03. The summed E-state index contributed by atoms with van der Waals surface area (Å²) in [7, 11) is 0. The van der Waals surface area contributed by atoms with Crippen LogP contribution in [0.15, 0.2) is 66.7 Å². The van der Waals surface area contributed by atoms with Crippen LogP contribution in [0.5, 0.6) is 0 Å². The van der Waals surface area contributed by atoms with E-state index in [-0.39, 0.29) is 0 Å². The molecular formula is C17H20N2. The largest absolute Gasteiger partial charge is 0.398 e. The van der Waals surface area contributed by atoms with E-state index in [4.69, 9.17) is 11.1 Å². The summed E-state index contributed by atoms with van der Waals surface area (Å²) in [6.07, 6.45) is 1.69. The van der Waals surface area contributed by atoms with Gasteiger partial charge in [0, 0.05) is 5.70 Å². The average molecular weight is 252 g/mol. The van der Waals surface area contributed by atoms with Gasteiger partial charge < -0.3 is 11.1 Å². The Labute approximate surface area is 115 Å². The molecular weight excluding hydrogens is 232 g/mol. The Morgan fingerprint density at radius 3 is 1.74 bits per heavy atom. The third-order valence-electron chi connectivity index (χ3n) is 2.49. The minimum atomic E-state index is 0.423. The molecule has 0 fully saturated rings. The molecule has 0 radical (unpaired) electrons. The van der Waals surface area contributed by atoms with E-state index < -0.39 is 0 Å². The molecule has 0 amide bonds. The van der Waals surface area contributed by atoms with Crippen molar-refractivity contribution in [3.05, 3.63) is 77.9 Å². The van der Waals surface area contributed by atoms with Crippen LogP contribution >= 0.6 is 0 Å². The summed E-state index contributed by atoms with van der Waals surface area (Å²) in [4.78, 5) is 0. The molecule has 2 aromatic carbocycles. The van der Waals surface area contributed by atoms with Crippen LogP contribution in [0.1, 0.15) is 25.0 Å². The fraction of sp³-hybridized carbons (Fsp3) is 0.118. The predicted molar refractivity (Wildman–Crippen MR) is 83.2 cm³/mol. The molecule has 0 aliphatic carbocycles. The van der Waals surface area contributed by atoms with E-state index in [0.29, 0.717) is 11.4 Å². The summed E-state index contributed by atoms with van der Waals surface area (Å²) in [5, 5.41) is 7.95. The van der Waals surface area contributed by atoms with E-state index in [0.717, 1.165) is 11.1 Å². The molecule has 0 saturated heterocycles. The molecule has 2 heteroatoms. The van der Waals surface area contributed by atoms with E-state index in [1.165, 1.54) is 0 Å². The van der Waals surface area contributed by atoms with Crippen LogP contribution in [0.4, 0.5) is 0 Å². The van der Waals surface area contributed by atoms with Crippen LogP contribution in [-0.2, 0) is 0 Å². The molecule has 0 aliphatic heterocycles. The van der Waals surface area contributed by atoms with Crippen molar-refractivity contribution >= 4 is 11.4 Å². The number of hydrogen-bond acceptors (Lipinski definition) is 2. The molecule has 98 valence electrons. The molecule has 0 aromatic heterocycles. The summed E-state index contributed by atoms with van der Waals surface area (Å²) in [5.74, 6) is 0. The fourth-order valence-corrected chi connectivity index (χ4v) is 1.57. The van der Waals surface area contributed by atoms with Gasteiger partial charge in [0.1, 0.15) is 0 Å². The first-order valence-corrected chi connectivity index (χ1v) is 6.44. The monoisotopic (exact) mass is 252 g/mol. The summed E-state index contributed by atoms with van der Waals surface area (Å²) < 4.78 is 0. The van der Waals surface area contributed by atoms with Gasteiger partial charge in [-0.25, -0.2) is 0 Å². The van der Waals surface area contributed by atoms with E-state index in [2.05, 4.69) is 0 Å². The highest BCUT2D eigenvalue weighted by Crippen LogP contribution is 2.10. The summed E-state index contributed by atoms with van der Waals surface area (Å²) >= 11 is 0. The van der Waals surface area contributed by atoms with Crippen molar-refractivity contribution in [1.82, 2.24) is 0 Å². The first-order chi connectivity index (χ1) is 9.27. The maximum Gasteiger partial charge on any atom is 0.0632 e. The van der Waals surface area contributed by atoms with Crippen molar-refractivity contribution in [1.29, 1.82) is 5.41 Å². The highest BCUT2D eigenvalue weighted by Gasteiger charge is 2.00. The van der Waals surface area contributed by atoms with E-state index >= 15 is 0 Å². The van der Waals surface area contributed by atoms with Gasteiger partial charge in [-0.2, -0.15) is 0 Å². The topological polar surface area (TPSA) is 49.9 Å². The normalized spacial score (nSPS) is 10.3. The van der Waals surface area contributed by atoms with Crippen molar-refractivity contribution in [2.75, 3.05) is 0 Å². The molecule has 0 saturated carbocycles. The Hall–Kier alpha value is -2.35. The standard InChI is InChI=1S/C15H14N2.C2H6/c16-14(12-7-3-1-4-8-12)11-15(17)13-9-5-2-6-10-13;1-2/h1-11,16H,17H2;1-2H3/b15-11-,16-14?;. The average Bonchev–Trinajstić information content (AvgIpc) is 2.51. The third-order valence-corrected chi connectivity index (χ3v) is 2.49. The molecule has 0 atom stereocenters. The zero-order chi connectivity index (χ0) is 14.1. The van der Waals surface area contributed by atoms with Gasteiger partial charge in [0.15, 0.2) is 0 Å². The second-order valence-corrected chi connectivity index (χ2v) is 3.75. The summed E-state index contributed by atoms with van der Waals surface area (Å²) in [6, 6.07) is 19.2. The second kappa shape index (κ2) is 7.88. The van der Waals surface area contributed by atoms with Gasteiger partial charge in [0.05, 0.1) is 5.71 Å². The van der Waals surface area contributed by atoms with Crippen molar-refractivity contribution in [2.45, 2.75) is 13.8 Å². The van der Waals surface area contributed by atoms with E-state index in [1.807, 2.05) is 74.5 Å². The molecule has 0 heterocycles. The molecule has 0 bridgehead atoms. The maximum absolute atomic E-state index is 7.95. The first kappa shape index (κ1) is 14.7. The van der Waals surface area contributed by atoms with Gasteiger partial charge >= 0.3 is 0 Å².